The predicted molar refractivity (Wildman–Crippen MR) is 128 cm³/mol. The number of rotatable bonds is 11. The fraction of sp³-hybridized carbons (Fsp3) is 0.955. The number of nitrogens with one attached hydrogen (secondary N) is 4. The van der Waals surface area contributed by atoms with Gasteiger partial charge >= 0.3 is 10.5 Å². The van der Waals surface area contributed by atoms with Gasteiger partial charge in [0.1, 0.15) is 0 Å². The summed E-state index contributed by atoms with van der Waals surface area (Å²) in [4.78, 5) is 12.7. The Morgan fingerprint density at radius 2 is 1.76 bits per heavy atom. The normalized spacial score (nSPS) is 31.0. The van der Waals surface area contributed by atoms with Gasteiger partial charge in [0.25, 0.3) is 0 Å². The van der Waals surface area contributed by atoms with Crippen molar-refractivity contribution in [1.82, 2.24) is 21.3 Å². The first kappa shape index (κ1) is 27.7. The number of nitrogens with two attached hydrogens (primary N) is 2. The topological polar surface area (TPSA) is 161 Å². The zero-order chi connectivity index (χ0) is 24.6. The van der Waals surface area contributed by atoms with Crippen LogP contribution in [0.5, 0.6) is 0 Å². The van der Waals surface area contributed by atoms with Gasteiger partial charge in [-0.3, -0.25) is 10.1 Å². The van der Waals surface area contributed by atoms with Crippen LogP contribution in [0, 0.1) is 17.8 Å². The van der Waals surface area contributed by atoms with Crippen LogP contribution in [0.1, 0.15) is 64.2 Å². The van der Waals surface area contributed by atoms with Crippen LogP contribution in [-0.4, -0.2) is 65.0 Å². The van der Waals surface area contributed by atoms with Gasteiger partial charge in [0.2, 0.25) is 5.91 Å². The molecule has 3 rings (SSSR count). The van der Waals surface area contributed by atoms with Gasteiger partial charge < -0.3 is 27.4 Å². The minimum absolute atomic E-state index is 0.0243. The molecule has 0 aromatic carbocycles. The van der Waals surface area contributed by atoms with Crippen LogP contribution >= 0.6 is 0 Å². The molecule has 3 aliphatic rings. The van der Waals surface area contributed by atoms with E-state index in [0.717, 1.165) is 51.6 Å². The average molecular weight is 507 g/mol. The van der Waals surface area contributed by atoms with Gasteiger partial charge in [-0.15, -0.1) is 0 Å². The third-order valence-electron chi connectivity index (χ3n) is 7.58. The molecule has 0 bridgehead atoms. The summed E-state index contributed by atoms with van der Waals surface area (Å²) in [5.74, 6) is 0.751. The quantitative estimate of drug-likeness (QED) is 0.170. The van der Waals surface area contributed by atoms with Gasteiger partial charge in [0.15, 0.2) is 0 Å². The smallest absolute Gasteiger partial charge is 0.356 e. The lowest BCUT2D eigenvalue weighted by Crippen LogP contribution is -2.57. The van der Waals surface area contributed by atoms with Gasteiger partial charge in [0.05, 0.1) is 18.4 Å². The number of carbonyl (C=O) groups excluding carboxylic acids is 1. The van der Waals surface area contributed by atoms with E-state index in [2.05, 4.69) is 25.5 Å². The van der Waals surface area contributed by atoms with Gasteiger partial charge in [-0.1, -0.05) is 10.3 Å². The highest BCUT2D eigenvalue weighted by Gasteiger charge is 2.30. The molecule has 1 heterocycles. The first-order valence-corrected chi connectivity index (χ1v) is 14.1. The van der Waals surface area contributed by atoms with E-state index in [9.17, 15) is 17.1 Å². The summed E-state index contributed by atoms with van der Waals surface area (Å²) in [5, 5.41) is 13.3. The third-order valence-corrected chi connectivity index (χ3v) is 8.08. The van der Waals surface area contributed by atoms with Crippen molar-refractivity contribution in [2.45, 2.75) is 88.7 Å². The first-order chi connectivity index (χ1) is 16.2. The molecule has 1 aliphatic heterocycles. The van der Waals surface area contributed by atoms with Crippen molar-refractivity contribution in [1.29, 1.82) is 0 Å². The molecule has 1 amide bonds. The maximum Gasteiger partial charge on any atom is 0.437 e. The number of halogens is 1. The average Bonchev–Trinajstić information content (AvgIpc) is 2.82. The summed E-state index contributed by atoms with van der Waals surface area (Å²) in [6, 6.07) is 0.252. The Morgan fingerprint density at radius 3 is 2.44 bits per heavy atom. The molecule has 3 fully saturated rings. The SMILES string of the molecule is NC(CNC1CCCC(C(=O)NCC2CCC(OS(=O)(=O)F)CC2)C1)NC(N)C1CCNCC1. The summed E-state index contributed by atoms with van der Waals surface area (Å²) in [7, 11) is -4.90. The monoisotopic (exact) mass is 506 g/mol. The molecule has 0 radical (unpaired) electrons. The lowest BCUT2D eigenvalue weighted by Gasteiger charge is -2.33. The third kappa shape index (κ3) is 9.63. The number of carbonyl (C=O) groups is 1. The molecule has 0 aromatic heterocycles. The maximum absolute atomic E-state index is 12.7. The number of hydrogen-bond donors (Lipinski definition) is 6. The Morgan fingerprint density at radius 1 is 1.06 bits per heavy atom. The zero-order valence-corrected chi connectivity index (χ0v) is 20.8. The van der Waals surface area contributed by atoms with Crippen LogP contribution in [-0.2, 0) is 19.5 Å². The minimum Gasteiger partial charge on any atom is -0.356 e. The van der Waals surface area contributed by atoms with Crippen LogP contribution in [0.3, 0.4) is 0 Å². The summed E-state index contributed by atoms with van der Waals surface area (Å²) < 4.78 is 38.4. The summed E-state index contributed by atoms with van der Waals surface area (Å²) in [6.07, 6.45) is 7.25. The van der Waals surface area contributed by atoms with E-state index in [4.69, 9.17) is 11.5 Å². The van der Waals surface area contributed by atoms with Crippen LogP contribution in [0.15, 0.2) is 0 Å². The molecule has 4 unspecified atom stereocenters. The molecule has 2 aliphatic carbocycles. The molecular formula is C22H43FN6O4S. The second kappa shape index (κ2) is 13.4. The van der Waals surface area contributed by atoms with Crippen LogP contribution in [0.25, 0.3) is 0 Å². The van der Waals surface area contributed by atoms with E-state index < -0.39 is 16.6 Å². The van der Waals surface area contributed by atoms with E-state index in [-0.39, 0.29) is 36.1 Å². The van der Waals surface area contributed by atoms with Crippen molar-refractivity contribution in [3.05, 3.63) is 0 Å². The Labute approximate surface area is 203 Å². The van der Waals surface area contributed by atoms with Crippen molar-refractivity contribution in [3.8, 4) is 0 Å². The fourth-order valence-corrected chi connectivity index (χ4v) is 6.05. The number of amides is 1. The van der Waals surface area contributed by atoms with Gasteiger partial charge in [0, 0.05) is 25.0 Å². The maximum atomic E-state index is 12.7. The molecule has 2 saturated carbocycles. The summed E-state index contributed by atoms with van der Waals surface area (Å²) >= 11 is 0. The molecule has 0 aromatic rings. The highest BCUT2D eigenvalue weighted by molar-refractivity contribution is 7.81. The molecule has 12 heteroatoms. The Balaban J connectivity index is 1.31. The van der Waals surface area contributed by atoms with Crippen LogP contribution < -0.4 is 32.7 Å². The molecule has 1 saturated heterocycles. The molecule has 34 heavy (non-hydrogen) atoms. The largest absolute Gasteiger partial charge is 0.437 e. The van der Waals surface area contributed by atoms with Crippen molar-refractivity contribution in [2.75, 3.05) is 26.2 Å². The molecular weight excluding hydrogens is 463 g/mol. The molecule has 10 nitrogen and oxygen atoms in total. The standard InChI is InChI=1S/C22H43FN6O4S/c23-34(31,32)33-19-6-4-15(5-7-19)13-28-22(30)17-2-1-3-18(12-17)27-14-20(24)29-21(25)16-8-10-26-11-9-16/h15-21,26-27,29H,1-14,24-25H2,(H,28,30). The lowest BCUT2D eigenvalue weighted by molar-refractivity contribution is -0.126. The summed E-state index contributed by atoms with van der Waals surface area (Å²) in [5.41, 5.74) is 12.6. The van der Waals surface area contributed by atoms with Crippen LogP contribution in [0.2, 0.25) is 0 Å². The first-order valence-electron chi connectivity index (χ1n) is 12.8. The molecule has 4 atom stereocenters. The Bertz CT molecular complexity index is 731. The van der Waals surface area contributed by atoms with E-state index in [1.807, 2.05) is 0 Å². The summed E-state index contributed by atoms with van der Waals surface area (Å²) in [6.45, 7) is 3.17. The van der Waals surface area contributed by atoms with Gasteiger partial charge in [-0.2, -0.15) is 8.42 Å². The van der Waals surface area contributed by atoms with Crippen molar-refractivity contribution in [3.63, 3.8) is 0 Å². The lowest BCUT2D eigenvalue weighted by atomic mass is 9.84. The predicted octanol–water partition coefficient (Wildman–Crippen LogP) is 0.200. The van der Waals surface area contributed by atoms with Gasteiger partial charge in [-0.05, 0) is 82.7 Å². The zero-order valence-electron chi connectivity index (χ0n) is 20.0. The van der Waals surface area contributed by atoms with Crippen molar-refractivity contribution in [2.24, 2.45) is 29.2 Å². The van der Waals surface area contributed by atoms with E-state index in [1.54, 1.807) is 0 Å². The van der Waals surface area contributed by atoms with Crippen molar-refractivity contribution < 1.29 is 21.3 Å². The van der Waals surface area contributed by atoms with Crippen LogP contribution in [0.4, 0.5) is 3.89 Å². The van der Waals surface area contributed by atoms with E-state index in [0.29, 0.717) is 44.7 Å². The van der Waals surface area contributed by atoms with E-state index in [1.165, 1.54) is 0 Å². The fourth-order valence-electron chi connectivity index (χ4n) is 5.54. The van der Waals surface area contributed by atoms with Gasteiger partial charge in [-0.25, -0.2) is 4.18 Å². The van der Waals surface area contributed by atoms with Crippen molar-refractivity contribution >= 4 is 16.4 Å². The minimum atomic E-state index is -4.90. The number of hydrogen-bond acceptors (Lipinski definition) is 9. The second-order valence-corrected chi connectivity index (χ2v) is 11.2. The molecule has 0 spiro atoms. The second-order valence-electron chi connectivity index (χ2n) is 10.2. The Kier molecular flexibility index (Phi) is 10.9. The highest BCUT2D eigenvalue weighted by Crippen LogP contribution is 2.28. The van der Waals surface area contributed by atoms with E-state index >= 15 is 0 Å². The number of piperidine rings is 1. The molecule has 8 N–H and O–H groups in total. The Hall–Kier alpha value is -0.890. The molecule has 198 valence electrons. The highest BCUT2D eigenvalue weighted by atomic mass is 32.3.